The Hall–Kier alpha value is -1.31. The summed E-state index contributed by atoms with van der Waals surface area (Å²) in [5, 5.41) is 5.63. The molecule has 15 heavy (non-hydrogen) atoms. The van der Waals surface area contributed by atoms with E-state index in [1.807, 2.05) is 0 Å². The van der Waals surface area contributed by atoms with Crippen molar-refractivity contribution >= 4 is 21.6 Å². The summed E-state index contributed by atoms with van der Waals surface area (Å²) < 4.78 is 26.4. The van der Waals surface area contributed by atoms with E-state index in [1.54, 1.807) is 18.2 Å². The molecule has 0 bridgehead atoms. The van der Waals surface area contributed by atoms with E-state index >= 15 is 0 Å². The van der Waals surface area contributed by atoms with Crippen molar-refractivity contribution in [3.8, 4) is 10.6 Å². The third-order valence-corrected chi connectivity index (χ3v) is 3.45. The van der Waals surface area contributed by atoms with E-state index in [0.29, 0.717) is 10.6 Å². The Morgan fingerprint density at radius 3 is 2.60 bits per heavy atom. The molecule has 0 saturated carbocycles. The van der Waals surface area contributed by atoms with Crippen LogP contribution in [0.2, 0.25) is 0 Å². The van der Waals surface area contributed by atoms with Crippen LogP contribution in [0.3, 0.4) is 0 Å². The second kappa shape index (κ2) is 3.69. The zero-order chi connectivity index (χ0) is 10.9. The van der Waals surface area contributed by atoms with Crippen molar-refractivity contribution in [3.63, 3.8) is 0 Å². The topological polar surface area (TPSA) is 85.9 Å². The highest BCUT2D eigenvalue weighted by molar-refractivity contribution is 7.89. The van der Waals surface area contributed by atoms with Crippen LogP contribution in [-0.2, 0) is 10.0 Å². The molecule has 7 heteroatoms. The van der Waals surface area contributed by atoms with E-state index < -0.39 is 10.0 Å². The lowest BCUT2D eigenvalue weighted by atomic mass is 10.2. The van der Waals surface area contributed by atoms with Gasteiger partial charge in [0.2, 0.25) is 10.0 Å². The van der Waals surface area contributed by atoms with Gasteiger partial charge in [0.25, 0.3) is 0 Å². The highest BCUT2D eigenvalue weighted by atomic mass is 32.2. The Balaban J connectivity index is 2.68. The first-order valence-electron chi connectivity index (χ1n) is 3.98. The first-order chi connectivity index (χ1) is 7.09. The van der Waals surface area contributed by atoms with Crippen LogP contribution in [0.15, 0.2) is 35.5 Å². The summed E-state index contributed by atoms with van der Waals surface area (Å²) in [6, 6.07) is 6.45. The molecule has 0 radical (unpaired) electrons. The number of sulfonamides is 1. The lowest BCUT2D eigenvalue weighted by molar-refractivity contribution is 0.598. The summed E-state index contributed by atoms with van der Waals surface area (Å²) in [4.78, 5) is 4.02. The second-order valence-corrected chi connectivity index (χ2v) is 5.10. The number of benzene rings is 1. The molecule has 0 aliphatic rings. The van der Waals surface area contributed by atoms with Crippen LogP contribution < -0.4 is 5.14 Å². The normalized spacial score (nSPS) is 11.5. The molecule has 0 fully saturated rings. The van der Waals surface area contributed by atoms with Gasteiger partial charge in [-0.25, -0.2) is 18.5 Å². The molecule has 2 aromatic rings. The predicted molar refractivity (Wildman–Crippen MR) is 56.7 cm³/mol. The molecule has 0 saturated heterocycles. The SMILES string of the molecule is NS(=O)(=O)c1ccccc1-c1ncns1. The van der Waals surface area contributed by atoms with Gasteiger partial charge in [-0.15, -0.1) is 0 Å². The van der Waals surface area contributed by atoms with Crippen molar-refractivity contribution < 1.29 is 8.42 Å². The average Bonchev–Trinajstić information content (AvgIpc) is 2.69. The Labute approximate surface area is 90.8 Å². The monoisotopic (exact) mass is 241 g/mol. The van der Waals surface area contributed by atoms with Crippen LogP contribution in [0.25, 0.3) is 10.6 Å². The standard InChI is InChI=1S/C8H7N3O2S2/c9-15(12,13)7-4-2-1-3-6(7)8-10-5-11-14-8/h1-5H,(H2,9,12,13). The van der Waals surface area contributed by atoms with Crippen LogP contribution in [0, 0.1) is 0 Å². The van der Waals surface area contributed by atoms with E-state index in [4.69, 9.17) is 5.14 Å². The molecule has 1 aromatic heterocycles. The van der Waals surface area contributed by atoms with Crippen molar-refractivity contribution in [2.45, 2.75) is 4.90 Å². The fourth-order valence-corrected chi connectivity index (χ4v) is 2.55. The zero-order valence-electron chi connectivity index (χ0n) is 7.49. The number of rotatable bonds is 2. The molecular weight excluding hydrogens is 234 g/mol. The van der Waals surface area contributed by atoms with Crippen LogP contribution in [0.1, 0.15) is 0 Å². The summed E-state index contributed by atoms with van der Waals surface area (Å²) in [6.45, 7) is 0. The summed E-state index contributed by atoms with van der Waals surface area (Å²) >= 11 is 1.13. The summed E-state index contributed by atoms with van der Waals surface area (Å²) in [6.07, 6.45) is 1.37. The first-order valence-corrected chi connectivity index (χ1v) is 6.30. The summed E-state index contributed by atoms with van der Waals surface area (Å²) in [5.41, 5.74) is 0.488. The van der Waals surface area contributed by atoms with E-state index in [9.17, 15) is 8.42 Å². The molecule has 78 valence electrons. The van der Waals surface area contributed by atoms with Gasteiger partial charge < -0.3 is 0 Å². The van der Waals surface area contributed by atoms with Gasteiger partial charge in [-0.2, -0.15) is 4.37 Å². The minimum Gasteiger partial charge on any atom is -0.225 e. The molecule has 0 amide bonds. The van der Waals surface area contributed by atoms with Gasteiger partial charge in [-0.1, -0.05) is 18.2 Å². The van der Waals surface area contributed by atoms with Gasteiger partial charge in [0.1, 0.15) is 11.3 Å². The smallest absolute Gasteiger partial charge is 0.225 e. The van der Waals surface area contributed by atoms with Crippen molar-refractivity contribution in [1.82, 2.24) is 9.36 Å². The maximum atomic E-state index is 11.3. The van der Waals surface area contributed by atoms with Crippen LogP contribution in [0.5, 0.6) is 0 Å². The maximum absolute atomic E-state index is 11.3. The third kappa shape index (κ3) is 2.04. The van der Waals surface area contributed by atoms with Crippen LogP contribution in [0.4, 0.5) is 0 Å². The Bertz CT molecular complexity index is 563. The van der Waals surface area contributed by atoms with Gasteiger partial charge in [0.15, 0.2) is 0 Å². The van der Waals surface area contributed by atoms with E-state index in [0.717, 1.165) is 11.5 Å². The van der Waals surface area contributed by atoms with Gasteiger partial charge in [-0.05, 0) is 17.6 Å². The number of aromatic nitrogens is 2. The molecule has 1 heterocycles. The van der Waals surface area contributed by atoms with E-state index in [1.165, 1.54) is 12.4 Å². The molecule has 1 aromatic carbocycles. The molecule has 2 N–H and O–H groups in total. The van der Waals surface area contributed by atoms with Crippen molar-refractivity contribution in [3.05, 3.63) is 30.6 Å². The number of hydrogen-bond donors (Lipinski definition) is 1. The molecule has 0 atom stereocenters. The molecule has 0 aliphatic heterocycles. The highest BCUT2D eigenvalue weighted by Gasteiger charge is 2.15. The number of primary sulfonamides is 1. The number of nitrogens with zero attached hydrogens (tertiary/aromatic N) is 2. The number of nitrogens with two attached hydrogens (primary N) is 1. The van der Waals surface area contributed by atoms with Crippen molar-refractivity contribution in [1.29, 1.82) is 0 Å². The number of hydrogen-bond acceptors (Lipinski definition) is 5. The van der Waals surface area contributed by atoms with Crippen LogP contribution in [-0.4, -0.2) is 17.8 Å². The van der Waals surface area contributed by atoms with Crippen molar-refractivity contribution in [2.75, 3.05) is 0 Å². The molecule has 0 spiro atoms. The average molecular weight is 241 g/mol. The molecule has 0 unspecified atom stereocenters. The Morgan fingerprint density at radius 1 is 1.27 bits per heavy atom. The zero-order valence-corrected chi connectivity index (χ0v) is 9.12. The van der Waals surface area contributed by atoms with Gasteiger partial charge in [-0.3, -0.25) is 0 Å². The van der Waals surface area contributed by atoms with Crippen LogP contribution >= 0.6 is 11.5 Å². The quantitative estimate of drug-likeness (QED) is 0.844. The lowest BCUT2D eigenvalue weighted by Gasteiger charge is -2.03. The molecule has 5 nitrogen and oxygen atoms in total. The van der Waals surface area contributed by atoms with Gasteiger partial charge >= 0.3 is 0 Å². The highest BCUT2D eigenvalue weighted by Crippen LogP contribution is 2.26. The third-order valence-electron chi connectivity index (χ3n) is 1.79. The van der Waals surface area contributed by atoms with E-state index in [-0.39, 0.29) is 4.90 Å². The Kier molecular flexibility index (Phi) is 2.51. The largest absolute Gasteiger partial charge is 0.238 e. The van der Waals surface area contributed by atoms with Gasteiger partial charge in [0, 0.05) is 5.56 Å². The Morgan fingerprint density at radius 2 is 2.00 bits per heavy atom. The van der Waals surface area contributed by atoms with E-state index in [2.05, 4.69) is 9.36 Å². The summed E-state index contributed by atoms with van der Waals surface area (Å²) in [5.74, 6) is 0. The van der Waals surface area contributed by atoms with Gasteiger partial charge in [0.05, 0.1) is 4.90 Å². The minimum absolute atomic E-state index is 0.0711. The molecule has 2 rings (SSSR count). The lowest BCUT2D eigenvalue weighted by Crippen LogP contribution is -2.13. The first kappa shape index (κ1) is 10.2. The fraction of sp³-hybridized carbons (Fsp3) is 0. The second-order valence-electron chi connectivity index (χ2n) is 2.79. The fourth-order valence-electron chi connectivity index (χ4n) is 1.18. The molecular formula is C8H7N3O2S2. The minimum atomic E-state index is -3.72. The maximum Gasteiger partial charge on any atom is 0.238 e. The predicted octanol–water partition coefficient (Wildman–Crippen LogP) is 0.853. The van der Waals surface area contributed by atoms with Crippen molar-refractivity contribution in [2.24, 2.45) is 5.14 Å². The molecule has 0 aliphatic carbocycles. The summed E-state index contributed by atoms with van der Waals surface area (Å²) in [7, 11) is -3.72.